The molecule has 0 aliphatic carbocycles. The number of allylic oxidation sites excluding steroid dienone is 4. The highest BCUT2D eigenvalue weighted by atomic mass is 16.5. The van der Waals surface area contributed by atoms with Crippen LogP contribution >= 0.6 is 0 Å². The number of ether oxygens (including phenoxy) is 1. The second kappa shape index (κ2) is 62.9. The van der Waals surface area contributed by atoms with Crippen molar-refractivity contribution in [1.82, 2.24) is 5.32 Å². The second-order valence-electron chi connectivity index (χ2n) is 22.8. The Morgan fingerprint density at radius 3 is 1.04 bits per heavy atom. The van der Waals surface area contributed by atoms with E-state index in [1.807, 2.05) is 0 Å². The molecule has 0 rings (SSSR count). The smallest absolute Gasteiger partial charge is 0.305 e. The zero-order valence-corrected chi connectivity index (χ0v) is 49.4. The summed E-state index contributed by atoms with van der Waals surface area (Å²) in [5.41, 5.74) is 0. The van der Waals surface area contributed by atoms with Crippen LogP contribution in [0.25, 0.3) is 0 Å². The van der Waals surface area contributed by atoms with E-state index in [4.69, 9.17) is 4.74 Å². The molecule has 6 nitrogen and oxygen atoms in total. The molecule has 0 aromatic carbocycles. The summed E-state index contributed by atoms with van der Waals surface area (Å²) in [7, 11) is 0. The average molecular weight is 1030 g/mol. The van der Waals surface area contributed by atoms with E-state index in [0.29, 0.717) is 25.9 Å². The van der Waals surface area contributed by atoms with Gasteiger partial charge in [0.1, 0.15) is 0 Å². The molecular weight excluding hydrogens is 899 g/mol. The van der Waals surface area contributed by atoms with E-state index in [2.05, 4.69) is 43.5 Å². The van der Waals surface area contributed by atoms with Crippen molar-refractivity contribution in [3.8, 4) is 0 Å². The third-order valence-electron chi connectivity index (χ3n) is 15.5. The molecule has 6 heteroatoms. The molecule has 1 amide bonds. The summed E-state index contributed by atoms with van der Waals surface area (Å²) in [6, 6.07) is -0.539. The van der Waals surface area contributed by atoms with E-state index < -0.39 is 12.1 Å². The first-order valence-corrected chi connectivity index (χ1v) is 33.1. The highest BCUT2D eigenvalue weighted by molar-refractivity contribution is 5.76. The Morgan fingerprint density at radius 1 is 0.384 bits per heavy atom. The Balaban J connectivity index is 3.36. The third kappa shape index (κ3) is 59.4. The molecule has 0 radical (unpaired) electrons. The topological polar surface area (TPSA) is 95.9 Å². The number of esters is 1. The molecule has 3 N–H and O–H groups in total. The van der Waals surface area contributed by atoms with E-state index in [-0.39, 0.29) is 18.5 Å². The first-order chi connectivity index (χ1) is 36.0. The molecule has 0 spiro atoms. The predicted molar refractivity (Wildman–Crippen MR) is 320 cm³/mol. The third-order valence-corrected chi connectivity index (χ3v) is 15.5. The number of hydrogen-bond acceptors (Lipinski definition) is 5. The minimum atomic E-state index is -0.662. The number of aliphatic hydroxyl groups is 2. The Labute approximate surface area is 456 Å². The van der Waals surface area contributed by atoms with Crippen LogP contribution < -0.4 is 5.32 Å². The van der Waals surface area contributed by atoms with Crippen LogP contribution in [0.2, 0.25) is 0 Å². The monoisotopic (exact) mass is 1030 g/mol. The fourth-order valence-corrected chi connectivity index (χ4v) is 10.4. The summed E-state index contributed by atoms with van der Waals surface area (Å²) in [4.78, 5) is 24.5. The lowest BCUT2D eigenvalue weighted by atomic mass is 10.0. The van der Waals surface area contributed by atoms with Gasteiger partial charge in [-0.05, 0) is 57.8 Å². The predicted octanol–water partition coefficient (Wildman–Crippen LogP) is 21.0. The summed E-state index contributed by atoms with van der Waals surface area (Å²) in [6.07, 6.45) is 77.9. The minimum Gasteiger partial charge on any atom is -0.466 e. The molecule has 0 aromatic rings. The number of aliphatic hydroxyl groups excluding tert-OH is 2. The quantitative estimate of drug-likeness (QED) is 0.0320. The number of carbonyl (C=O) groups is 2. The van der Waals surface area contributed by atoms with Gasteiger partial charge < -0.3 is 20.3 Å². The van der Waals surface area contributed by atoms with Crippen molar-refractivity contribution in [3.05, 3.63) is 24.3 Å². The van der Waals surface area contributed by atoms with Crippen LogP contribution in [0.5, 0.6) is 0 Å². The Morgan fingerprint density at radius 2 is 0.685 bits per heavy atom. The molecule has 432 valence electrons. The number of hydrogen-bond donors (Lipinski definition) is 3. The van der Waals surface area contributed by atoms with Crippen LogP contribution in [0, 0.1) is 0 Å². The zero-order chi connectivity index (χ0) is 52.9. The normalized spacial score (nSPS) is 12.7. The highest BCUT2D eigenvalue weighted by Gasteiger charge is 2.20. The molecule has 0 heterocycles. The molecule has 0 aromatic heterocycles. The van der Waals surface area contributed by atoms with Crippen molar-refractivity contribution in [1.29, 1.82) is 0 Å². The summed E-state index contributed by atoms with van der Waals surface area (Å²) >= 11 is 0. The molecule has 0 aliphatic rings. The average Bonchev–Trinajstić information content (AvgIpc) is 3.39. The fraction of sp³-hybridized carbons (Fsp3) is 0.910. The van der Waals surface area contributed by atoms with Crippen LogP contribution in [-0.4, -0.2) is 47.4 Å². The summed E-state index contributed by atoms with van der Waals surface area (Å²) < 4.78 is 5.49. The van der Waals surface area contributed by atoms with Gasteiger partial charge in [-0.25, -0.2) is 0 Å². The fourth-order valence-electron chi connectivity index (χ4n) is 10.4. The van der Waals surface area contributed by atoms with Gasteiger partial charge >= 0.3 is 5.97 Å². The van der Waals surface area contributed by atoms with Crippen molar-refractivity contribution in [2.24, 2.45) is 0 Å². The van der Waals surface area contributed by atoms with Crippen LogP contribution in [0.3, 0.4) is 0 Å². The van der Waals surface area contributed by atoms with E-state index in [9.17, 15) is 19.8 Å². The molecule has 2 atom stereocenters. The Kier molecular flexibility index (Phi) is 61.4. The number of carbonyl (C=O) groups excluding carboxylic acids is 2. The standard InChI is InChI=1S/C67H129NO5/c1-3-5-7-9-11-13-15-16-37-41-45-49-53-57-61-67(72)73-62-58-54-50-46-42-38-35-33-31-29-27-25-23-21-19-17-18-20-22-24-26-28-30-32-34-36-40-44-48-52-56-60-66(71)68-64(63-69)65(70)59-55-51-47-43-39-14-12-10-8-6-4-2/h19,21,25,27,64-65,69-70H,3-18,20,22-24,26,28-63H2,1-2H3,(H,68,71)/b21-19-,27-25-. The molecule has 0 saturated carbocycles. The van der Waals surface area contributed by atoms with Crippen molar-refractivity contribution in [2.75, 3.05) is 13.2 Å². The summed E-state index contributed by atoms with van der Waals surface area (Å²) in [5, 5.41) is 23.2. The Hall–Kier alpha value is -1.66. The van der Waals surface area contributed by atoms with Gasteiger partial charge in [0.25, 0.3) is 0 Å². The lowest BCUT2D eigenvalue weighted by molar-refractivity contribution is -0.143. The molecule has 0 fully saturated rings. The van der Waals surface area contributed by atoms with Gasteiger partial charge in [-0.2, -0.15) is 0 Å². The minimum absolute atomic E-state index is 0.0158. The first-order valence-electron chi connectivity index (χ1n) is 33.1. The number of rotatable bonds is 62. The molecule has 2 unspecified atom stereocenters. The van der Waals surface area contributed by atoms with Gasteiger partial charge in [0.15, 0.2) is 0 Å². The van der Waals surface area contributed by atoms with Crippen LogP contribution in [0.1, 0.15) is 367 Å². The van der Waals surface area contributed by atoms with Gasteiger partial charge in [-0.15, -0.1) is 0 Å². The number of nitrogens with one attached hydrogen (secondary N) is 1. The summed E-state index contributed by atoms with van der Waals surface area (Å²) in [6.45, 7) is 4.97. The van der Waals surface area contributed by atoms with Gasteiger partial charge in [0.05, 0.1) is 25.4 Å². The number of unbranched alkanes of at least 4 members (excludes halogenated alkanes) is 47. The SMILES string of the molecule is CCCCCCCCCCCCCCCCC(=O)OCCCCCCCCCCC/C=C\C/C=C\CCCCCCCCCCCCCCCCCC(=O)NC(CO)C(O)CCCCCCCCCCCCC. The lowest BCUT2D eigenvalue weighted by Gasteiger charge is -2.22. The first kappa shape index (κ1) is 71.3. The highest BCUT2D eigenvalue weighted by Crippen LogP contribution is 2.18. The largest absolute Gasteiger partial charge is 0.466 e. The molecule has 0 aliphatic heterocycles. The molecule has 0 saturated heterocycles. The van der Waals surface area contributed by atoms with Gasteiger partial charge in [0, 0.05) is 12.8 Å². The van der Waals surface area contributed by atoms with E-state index >= 15 is 0 Å². The van der Waals surface area contributed by atoms with Gasteiger partial charge in [-0.1, -0.05) is 321 Å². The van der Waals surface area contributed by atoms with Gasteiger partial charge in [0.2, 0.25) is 5.91 Å². The zero-order valence-electron chi connectivity index (χ0n) is 49.4. The molecular formula is C67H129NO5. The Bertz CT molecular complexity index is 1140. The summed E-state index contributed by atoms with van der Waals surface area (Å²) in [5.74, 6) is -0.0181. The van der Waals surface area contributed by atoms with Crippen molar-refractivity contribution < 1.29 is 24.5 Å². The maximum absolute atomic E-state index is 12.5. The van der Waals surface area contributed by atoms with Crippen LogP contribution in [0.15, 0.2) is 24.3 Å². The number of amides is 1. The molecule has 0 bridgehead atoms. The molecule has 73 heavy (non-hydrogen) atoms. The van der Waals surface area contributed by atoms with Crippen molar-refractivity contribution >= 4 is 11.9 Å². The van der Waals surface area contributed by atoms with Crippen molar-refractivity contribution in [2.45, 2.75) is 379 Å². The van der Waals surface area contributed by atoms with Crippen molar-refractivity contribution in [3.63, 3.8) is 0 Å². The van der Waals surface area contributed by atoms with E-state index in [1.165, 1.54) is 289 Å². The second-order valence-corrected chi connectivity index (χ2v) is 22.8. The van der Waals surface area contributed by atoms with Crippen LogP contribution in [-0.2, 0) is 14.3 Å². The lowest BCUT2D eigenvalue weighted by Crippen LogP contribution is -2.45. The van der Waals surface area contributed by atoms with Crippen LogP contribution in [0.4, 0.5) is 0 Å². The van der Waals surface area contributed by atoms with E-state index in [1.54, 1.807) is 0 Å². The van der Waals surface area contributed by atoms with Gasteiger partial charge in [-0.3, -0.25) is 9.59 Å². The maximum Gasteiger partial charge on any atom is 0.305 e. The maximum atomic E-state index is 12.5. The van der Waals surface area contributed by atoms with E-state index in [0.717, 1.165) is 44.9 Å².